The van der Waals surface area contributed by atoms with Crippen molar-refractivity contribution in [2.75, 3.05) is 60.9 Å². The highest BCUT2D eigenvalue weighted by Gasteiger charge is 2.47. The molecule has 1 fully saturated rings. The average molecular weight is 987 g/mol. The number of H-pyrrole nitrogens is 1. The normalized spacial score (nSPS) is 17.1. The highest BCUT2D eigenvalue weighted by atomic mass is 19.4. The number of amides is 2. The maximum absolute atomic E-state index is 13.4. The van der Waals surface area contributed by atoms with Gasteiger partial charge in [-0.1, -0.05) is 37.8 Å². The SMILES string of the molecule is C.CCOC(OCC)OCC.CCOC=NNC(=O)OC.COC(=O)C[C@]1(n2cn[nH]c2=O)CC[C@@](CO[C@H](C)c2cc(C(F)(F)F)cc(C(F)(F)F)c2)(c2ccccc2)NC1.COC(=O)NN. The molecule has 2 heterocycles. The fourth-order valence-corrected chi connectivity index (χ4v) is 5.96. The number of rotatable bonds is 17. The maximum Gasteiger partial charge on any atom is 0.427 e. The Bertz CT molecular complexity index is 1930. The van der Waals surface area contributed by atoms with Crippen molar-refractivity contribution in [2.45, 2.75) is 97.3 Å². The molecule has 1 aromatic heterocycles. The van der Waals surface area contributed by atoms with Crippen LogP contribution in [0.2, 0.25) is 0 Å². The van der Waals surface area contributed by atoms with Gasteiger partial charge in [0, 0.05) is 26.4 Å². The van der Waals surface area contributed by atoms with Crippen molar-refractivity contribution in [3.05, 3.63) is 87.6 Å². The molecule has 2 amide bonds. The fourth-order valence-electron chi connectivity index (χ4n) is 5.96. The molecule has 26 heteroatoms. The first-order valence-electron chi connectivity index (χ1n) is 20.4. The van der Waals surface area contributed by atoms with Gasteiger partial charge in [-0.05, 0) is 76.8 Å². The van der Waals surface area contributed by atoms with E-state index in [4.69, 9.17) is 23.7 Å². The third kappa shape index (κ3) is 21.0. The lowest BCUT2D eigenvalue weighted by Crippen LogP contribution is -2.60. The van der Waals surface area contributed by atoms with Crippen LogP contribution in [0.15, 0.2) is 64.8 Å². The molecule has 386 valence electrons. The van der Waals surface area contributed by atoms with Crippen LogP contribution < -0.4 is 27.7 Å². The second kappa shape index (κ2) is 31.3. The summed E-state index contributed by atoms with van der Waals surface area (Å²) >= 11 is 0. The summed E-state index contributed by atoms with van der Waals surface area (Å²) in [7, 11) is 3.72. The van der Waals surface area contributed by atoms with Crippen molar-refractivity contribution in [3.63, 3.8) is 0 Å². The fraction of sp³-hybridized carbons (Fsp3) is 0.571. The van der Waals surface area contributed by atoms with Gasteiger partial charge in [0.1, 0.15) is 6.33 Å². The van der Waals surface area contributed by atoms with Crippen LogP contribution in [0.4, 0.5) is 35.9 Å². The molecule has 2 aromatic carbocycles. The summed E-state index contributed by atoms with van der Waals surface area (Å²) in [5.41, 5.74) is -1.11. The number of hydrogen-bond donors (Lipinski definition) is 5. The number of esters is 1. The van der Waals surface area contributed by atoms with Crippen LogP contribution in [0.3, 0.4) is 0 Å². The third-order valence-corrected chi connectivity index (χ3v) is 9.37. The maximum atomic E-state index is 13.4. The van der Waals surface area contributed by atoms with Gasteiger partial charge >= 0.3 is 36.2 Å². The predicted octanol–water partition coefficient (Wildman–Crippen LogP) is 6.48. The third-order valence-electron chi connectivity index (χ3n) is 9.37. The van der Waals surface area contributed by atoms with Crippen LogP contribution >= 0.6 is 0 Å². The molecule has 3 atom stereocenters. The zero-order chi connectivity index (χ0) is 50.7. The number of benzene rings is 2. The minimum atomic E-state index is -4.99. The number of nitrogens with two attached hydrogens (primary N) is 1. The quantitative estimate of drug-likeness (QED) is 0.0112. The molecule has 1 aliphatic heterocycles. The van der Waals surface area contributed by atoms with Crippen molar-refractivity contribution in [1.29, 1.82) is 0 Å². The molecule has 1 saturated heterocycles. The number of aromatic nitrogens is 3. The van der Waals surface area contributed by atoms with Crippen molar-refractivity contribution in [2.24, 2.45) is 10.9 Å². The molecule has 4 rings (SSSR count). The molecule has 0 spiro atoms. The van der Waals surface area contributed by atoms with E-state index in [1.54, 1.807) is 23.6 Å². The standard InChI is InChI=1S/C27H28F6N4O4.C7H16O3.C5H10N2O3.C2H6N2O2.CH4/c1-17(18-10-20(26(28,29)30)12-21(11-18)27(31,32)33)41-15-25(19-6-4-3-5-7-19)9-8-24(14-34-25,13-22(38)40-2)37-16-35-36-23(37)39;1-4-8-7(9-5-2)10-6-3;1-3-10-4-6-7-5(8)9-2;1-6-2(5)4-3;/h3-7,10-12,16-17,34H,8-9,13-15H2,1-2H3,(H,36,39);7H,4-6H2,1-3H3;4H,3H2,1-2H3,(H,7,8);3H2,1H3,(H,4,5);1H4/t17-,24-,25-;;;;/m1..../s1. The Morgan fingerprint density at radius 3 is 1.81 bits per heavy atom. The summed E-state index contributed by atoms with van der Waals surface area (Å²) < 4.78 is 121. The Kier molecular flexibility index (Phi) is 28.6. The van der Waals surface area contributed by atoms with Crippen molar-refractivity contribution in [1.82, 2.24) is 30.9 Å². The molecular formula is C42H64F6N8O12. The molecule has 0 saturated carbocycles. The number of halogens is 6. The summed E-state index contributed by atoms with van der Waals surface area (Å²) in [6.45, 7) is 10.8. The van der Waals surface area contributed by atoms with E-state index in [1.807, 2.05) is 39.8 Å². The lowest BCUT2D eigenvalue weighted by Gasteiger charge is -2.47. The van der Waals surface area contributed by atoms with E-state index in [0.29, 0.717) is 38.6 Å². The molecule has 0 radical (unpaired) electrons. The number of carbonyl (C=O) groups is 3. The average Bonchev–Trinajstić information content (AvgIpc) is 3.76. The summed E-state index contributed by atoms with van der Waals surface area (Å²) in [5, 5.41) is 12.8. The Morgan fingerprint density at radius 2 is 1.41 bits per heavy atom. The first-order chi connectivity index (χ1) is 31.7. The van der Waals surface area contributed by atoms with Crippen LogP contribution in [0, 0.1) is 0 Å². The van der Waals surface area contributed by atoms with E-state index in [1.165, 1.54) is 39.1 Å². The number of hydrazone groups is 1. The van der Waals surface area contributed by atoms with E-state index < -0.39 is 71.0 Å². The molecule has 0 aliphatic carbocycles. The van der Waals surface area contributed by atoms with Crippen LogP contribution in [-0.4, -0.2) is 107 Å². The summed E-state index contributed by atoms with van der Waals surface area (Å²) in [6.07, 6.45) is -9.53. The zero-order valence-corrected chi connectivity index (χ0v) is 38.4. The summed E-state index contributed by atoms with van der Waals surface area (Å²) in [5.74, 6) is 4.00. The second-order valence-corrected chi connectivity index (χ2v) is 13.7. The lowest BCUT2D eigenvalue weighted by molar-refractivity contribution is -0.282. The monoisotopic (exact) mass is 986 g/mol. The van der Waals surface area contributed by atoms with Crippen molar-refractivity contribution >= 4 is 24.6 Å². The van der Waals surface area contributed by atoms with Gasteiger partial charge in [0.2, 0.25) is 0 Å². The topological polar surface area (TPSA) is 250 Å². The Balaban J connectivity index is 0.00000135. The Hall–Kier alpha value is -5.80. The molecule has 6 N–H and O–H groups in total. The number of alkyl halides is 6. The second-order valence-electron chi connectivity index (χ2n) is 13.7. The van der Waals surface area contributed by atoms with Gasteiger partial charge in [0.05, 0.1) is 69.3 Å². The first kappa shape index (κ1) is 62.2. The van der Waals surface area contributed by atoms with Crippen molar-refractivity contribution < 1.29 is 78.6 Å². The van der Waals surface area contributed by atoms with Crippen LogP contribution in [0.1, 0.15) is 89.7 Å². The van der Waals surface area contributed by atoms with Gasteiger partial charge in [-0.3, -0.25) is 14.8 Å². The highest BCUT2D eigenvalue weighted by Crippen LogP contribution is 2.41. The molecule has 1 aliphatic rings. The van der Waals surface area contributed by atoms with Crippen LogP contribution in [0.25, 0.3) is 0 Å². The molecule has 3 aromatic rings. The Morgan fingerprint density at radius 1 is 0.853 bits per heavy atom. The lowest BCUT2D eigenvalue weighted by atomic mass is 9.75. The number of hydrazine groups is 1. The summed E-state index contributed by atoms with van der Waals surface area (Å²) in [6, 6.07) is 10.3. The number of piperidine rings is 1. The number of hydrogen-bond acceptors (Lipinski definition) is 16. The van der Waals surface area contributed by atoms with E-state index in [-0.39, 0.29) is 51.5 Å². The van der Waals surface area contributed by atoms with E-state index >= 15 is 0 Å². The minimum absolute atomic E-state index is 0. The number of methoxy groups -OCH3 is 3. The summed E-state index contributed by atoms with van der Waals surface area (Å²) in [4.78, 5) is 44.8. The number of aromatic amines is 1. The number of nitrogens with one attached hydrogen (secondary N) is 4. The van der Waals surface area contributed by atoms with Gasteiger partial charge in [-0.2, -0.15) is 31.4 Å². The van der Waals surface area contributed by atoms with Gasteiger partial charge in [0.15, 0.2) is 6.40 Å². The zero-order valence-electron chi connectivity index (χ0n) is 38.4. The van der Waals surface area contributed by atoms with E-state index in [2.05, 4.69) is 46.1 Å². The molecular weight excluding hydrogens is 922 g/mol. The first-order valence-corrected chi connectivity index (χ1v) is 20.4. The smallest absolute Gasteiger partial charge is 0.427 e. The van der Waals surface area contributed by atoms with Gasteiger partial charge in [-0.25, -0.2) is 30.8 Å². The molecule has 0 bridgehead atoms. The van der Waals surface area contributed by atoms with Gasteiger partial charge < -0.3 is 43.2 Å². The molecule has 68 heavy (non-hydrogen) atoms. The number of carbonyl (C=O) groups excluding carboxylic acids is 3. The van der Waals surface area contributed by atoms with Crippen molar-refractivity contribution in [3.8, 4) is 0 Å². The minimum Gasteiger partial charge on any atom is -0.482 e. The van der Waals surface area contributed by atoms with Gasteiger partial charge in [0.25, 0.3) is 6.48 Å². The highest BCUT2D eigenvalue weighted by molar-refractivity contribution is 5.70. The van der Waals surface area contributed by atoms with Crippen LogP contribution in [-0.2, 0) is 66.1 Å². The van der Waals surface area contributed by atoms with E-state index in [9.17, 15) is 45.5 Å². The van der Waals surface area contributed by atoms with Gasteiger partial charge in [-0.15, -0.1) is 5.10 Å². The van der Waals surface area contributed by atoms with E-state index in [0.717, 1.165) is 12.0 Å². The van der Waals surface area contributed by atoms with Crippen LogP contribution in [0.5, 0.6) is 0 Å². The molecule has 20 nitrogen and oxygen atoms in total. The number of ether oxygens (including phenoxy) is 8. The number of nitrogens with zero attached hydrogens (tertiary/aromatic N) is 3. The Labute approximate surface area is 390 Å². The predicted molar refractivity (Wildman–Crippen MR) is 234 cm³/mol. The molecule has 0 unspecified atom stereocenters. The largest absolute Gasteiger partial charge is 0.482 e.